The number of carbonyl (C=O) groups is 1. The summed E-state index contributed by atoms with van der Waals surface area (Å²) in [4.78, 5) is 15.5. The lowest BCUT2D eigenvalue weighted by Crippen LogP contribution is -2.41. The molecular formula is C25H31N3O. The van der Waals surface area contributed by atoms with Crippen molar-refractivity contribution < 1.29 is 4.79 Å². The van der Waals surface area contributed by atoms with E-state index < -0.39 is 0 Å². The second-order valence-corrected chi connectivity index (χ2v) is 8.67. The van der Waals surface area contributed by atoms with E-state index in [9.17, 15) is 4.79 Å². The Balaban J connectivity index is 1.58. The molecule has 1 fully saturated rings. The van der Waals surface area contributed by atoms with Crippen LogP contribution < -0.4 is 0 Å². The molecule has 0 radical (unpaired) electrons. The molecule has 2 aromatic carbocycles. The summed E-state index contributed by atoms with van der Waals surface area (Å²) in [5.74, 6) is 0.867. The maximum Gasteiger partial charge on any atom is 0.257 e. The van der Waals surface area contributed by atoms with Crippen LogP contribution in [0.4, 0.5) is 0 Å². The summed E-state index contributed by atoms with van der Waals surface area (Å²) < 4.78 is 0. The second kappa shape index (κ2) is 8.50. The molecule has 2 aliphatic heterocycles. The standard InChI is InChI=1S/C25H31N3O/c1-18-11-13-27(14-12-18)17-25(29)28-24(21-7-5-4-6-8-21)16-23(26-28)22-10-9-19(2)20(3)15-22/h4-10,15,18,24H,11-14,16-17H2,1-3H3/t24-/m0/s1. The normalized spacial score (nSPS) is 20.7. The van der Waals surface area contributed by atoms with E-state index in [4.69, 9.17) is 5.10 Å². The summed E-state index contributed by atoms with van der Waals surface area (Å²) in [5, 5.41) is 6.59. The maximum absolute atomic E-state index is 13.3. The molecule has 0 saturated carbocycles. The van der Waals surface area contributed by atoms with Crippen molar-refractivity contribution in [3.8, 4) is 0 Å². The lowest BCUT2D eigenvalue weighted by molar-refractivity contribution is -0.134. The quantitative estimate of drug-likeness (QED) is 0.759. The van der Waals surface area contributed by atoms with Gasteiger partial charge in [0, 0.05) is 6.42 Å². The van der Waals surface area contributed by atoms with Crippen LogP contribution in [0.25, 0.3) is 0 Å². The van der Waals surface area contributed by atoms with Gasteiger partial charge in [-0.25, -0.2) is 5.01 Å². The number of rotatable bonds is 4. The first-order valence-corrected chi connectivity index (χ1v) is 10.8. The number of likely N-dealkylation sites (tertiary alicyclic amines) is 1. The van der Waals surface area contributed by atoms with Crippen molar-refractivity contribution in [1.29, 1.82) is 0 Å². The molecule has 0 unspecified atom stereocenters. The van der Waals surface area contributed by atoms with Crippen LogP contribution in [0, 0.1) is 19.8 Å². The van der Waals surface area contributed by atoms with Gasteiger partial charge < -0.3 is 0 Å². The molecule has 152 valence electrons. The predicted molar refractivity (Wildman–Crippen MR) is 118 cm³/mol. The topological polar surface area (TPSA) is 35.9 Å². The fraction of sp³-hybridized carbons (Fsp3) is 0.440. The number of amides is 1. The first-order chi connectivity index (χ1) is 14.0. The zero-order valence-electron chi connectivity index (χ0n) is 17.8. The van der Waals surface area contributed by atoms with Crippen LogP contribution in [0.3, 0.4) is 0 Å². The highest BCUT2D eigenvalue weighted by molar-refractivity contribution is 6.03. The molecule has 2 heterocycles. The van der Waals surface area contributed by atoms with Crippen LogP contribution in [0.15, 0.2) is 53.6 Å². The molecule has 0 aliphatic carbocycles. The first kappa shape index (κ1) is 19.8. The van der Waals surface area contributed by atoms with Gasteiger partial charge in [0.05, 0.1) is 18.3 Å². The van der Waals surface area contributed by atoms with E-state index in [1.165, 1.54) is 24.0 Å². The van der Waals surface area contributed by atoms with Crippen molar-refractivity contribution in [1.82, 2.24) is 9.91 Å². The minimum absolute atomic E-state index is 0.0241. The monoisotopic (exact) mass is 389 g/mol. The molecule has 4 rings (SSSR count). The summed E-state index contributed by atoms with van der Waals surface area (Å²) in [6.45, 7) is 9.01. The number of aryl methyl sites for hydroxylation is 2. The van der Waals surface area contributed by atoms with E-state index in [2.05, 4.69) is 56.0 Å². The van der Waals surface area contributed by atoms with Crippen LogP contribution >= 0.6 is 0 Å². The lowest BCUT2D eigenvalue weighted by atomic mass is 9.96. The van der Waals surface area contributed by atoms with Crippen LogP contribution in [-0.2, 0) is 4.79 Å². The van der Waals surface area contributed by atoms with Crippen LogP contribution in [0.2, 0.25) is 0 Å². The Labute approximate surface area is 174 Å². The smallest absolute Gasteiger partial charge is 0.257 e. The molecule has 2 aliphatic rings. The highest BCUT2D eigenvalue weighted by atomic mass is 16.2. The Morgan fingerprint density at radius 3 is 2.45 bits per heavy atom. The SMILES string of the molecule is Cc1ccc(C2=NN(C(=O)CN3CCC(C)CC3)[C@H](c3ccccc3)C2)cc1C. The summed E-state index contributed by atoms with van der Waals surface area (Å²) in [7, 11) is 0. The average Bonchev–Trinajstić information content (AvgIpc) is 3.18. The van der Waals surface area contributed by atoms with Gasteiger partial charge in [-0.2, -0.15) is 5.10 Å². The molecule has 2 aromatic rings. The number of piperidine rings is 1. The van der Waals surface area contributed by atoms with Gasteiger partial charge in [0.2, 0.25) is 0 Å². The molecule has 1 atom stereocenters. The van der Waals surface area contributed by atoms with E-state index in [0.717, 1.165) is 42.3 Å². The number of benzene rings is 2. The number of nitrogens with zero attached hydrogens (tertiary/aromatic N) is 3. The zero-order valence-corrected chi connectivity index (χ0v) is 17.8. The minimum Gasteiger partial charge on any atom is -0.294 e. The van der Waals surface area contributed by atoms with E-state index in [-0.39, 0.29) is 11.9 Å². The largest absolute Gasteiger partial charge is 0.294 e. The predicted octanol–water partition coefficient (Wildman–Crippen LogP) is 4.71. The van der Waals surface area contributed by atoms with Gasteiger partial charge in [-0.05, 0) is 74.0 Å². The lowest BCUT2D eigenvalue weighted by Gasteiger charge is -2.31. The number of hydrogen-bond acceptors (Lipinski definition) is 3. The molecule has 0 spiro atoms. The molecular weight excluding hydrogens is 358 g/mol. The van der Waals surface area contributed by atoms with Crippen LogP contribution in [0.1, 0.15) is 54.5 Å². The molecule has 4 heteroatoms. The molecule has 1 saturated heterocycles. The van der Waals surface area contributed by atoms with Crippen molar-refractivity contribution >= 4 is 11.6 Å². The Hall–Kier alpha value is -2.46. The summed E-state index contributed by atoms with van der Waals surface area (Å²) in [6.07, 6.45) is 3.11. The van der Waals surface area contributed by atoms with Gasteiger partial charge in [0.1, 0.15) is 0 Å². The third kappa shape index (κ3) is 4.43. The highest BCUT2D eigenvalue weighted by Gasteiger charge is 2.34. The van der Waals surface area contributed by atoms with E-state index in [1.54, 1.807) is 5.01 Å². The van der Waals surface area contributed by atoms with E-state index in [0.29, 0.717) is 6.54 Å². The summed E-state index contributed by atoms with van der Waals surface area (Å²) in [5.41, 5.74) is 5.81. The van der Waals surface area contributed by atoms with Crippen molar-refractivity contribution in [3.63, 3.8) is 0 Å². The number of hydrazone groups is 1. The molecule has 0 bridgehead atoms. The van der Waals surface area contributed by atoms with Crippen molar-refractivity contribution in [2.45, 2.75) is 46.1 Å². The van der Waals surface area contributed by atoms with Crippen LogP contribution in [0.5, 0.6) is 0 Å². The Morgan fingerprint density at radius 2 is 1.76 bits per heavy atom. The summed E-state index contributed by atoms with van der Waals surface area (Å²) >= 11 is 0. The maximum atomic E-state index is 13.3. The van der Waals surface area contributed by atoms with Gasteiger partial charge in [-0.1, -0.05) is 49.4 Å². The molecule has 4 nitrogen and oxygen atoms in total. The Kier molecular flexibility index (Phi) is 5.81. The van der Waals surface area contributed by atoms with Gasteiger partial charge in [0.15, 0.2) is 0 Å². The van der Waals surface area contributed by atoms with Gasteiger partial charge in [-0.15, -0.1) is 0 Å². The molecule has 1 amide bonds. The highest BCUT2D eigenvalue weighted by Crippen LogP contribution is 2.33. The van der Waals surface area contributed by atoms with Crippen molar-refractivity contribution in [2.24, 2.45) is 11.0 Å². The second-order valence-electron chi connectivity index (χ2n) is 8.67. The number of carbonyl (C=O) groups excluding carboxylic acids is 1. The van der Waals surface area contributed by atoms with Gasteiger partial charge >= 0.3 is 0 Å². The average molecular weight is 390 g/mol. The molecule has 0 N–H and O–H groups in total. The zero-order chi connectivity index (χ0) is 20.4. The van der Waals surface area contributed by atoms with Crippen LogP contribution in [-0.4, -0.2) is 41.2 Å². The fourth-order valence-electron chi connectivity index (χ4n) is 4.25. The fourth-order valence-corrected chi connectivity index (χ4v) is 4.25. The third-order valence-electron chi connectivity index (χ3n) is 6.43. The van der Waals surface area contributed by atoms with Gasteiger partial charge in [-0.3, -0.25) is 9.69 Å². The van der Waals surface area contributed by atoms with E-state index >= 15 is 0 Å². The first-order valence-electron chi connectivity index (χ1n) is 10.8. The van der Waals surface area contributed by atoms with E-state index in [1.807, 2.05) is 18.2 Å². The molecule has 0 aromatic heterocycles. The Morgan fingerprint density at radius 1 is 1.03 bits per heavy atom. The molecule has 29 heavy (non-hydrogen) atoms. The van der Waals surface area contributed by atoms with Crippen molar-refractivity contribution in [3.05, 3.63) is 70.8 Å². The van der Waals surface area contributed by atoms with Gasteiger partial charge in [0.25, 0.3) is 5.91 Å². The summed E-state index contributed by atoms with van der Waals surface area (Å²) in [6, 6.07) is 16.7. The number of hydrogen-bond donors (Lipinski definition) is 0. The van der Waals surface area contributed by atoms with Crippen molar-refractivity contribution in [2.75, 3.05) is 19.6 Å². The third-order valence-corrected chi connectivity index (χ3v) is 6.43. The minimum atomic E-state index is -0.0241. The Bertz CT molecular complexity index is 898.